The molecule has 0 aliphatic carbocycles. The van der Waals surface area contributed by atoms with E-state index in [2.05, 4.69) is 10.3 Å². The van der Waals surface area contributed by atoms with Crippen LogP contribution in [-0.2, 0) is 10.9 Å². The van der Waals surface area contributed by atoms with Crippen molar-refractivity contribution in [1.82, 2.24) is 10.3 Å². The van der Waals surface area contributed by atoms with E-state index in [-0.39, 0.29) is 5.56 Å². The lowest BCUT2D eigenvalue weighted by Gasteiger charge is -2.41. The van der Waals surface area contributed by atoms with E-state index < -0.39 is 23.4 Å². The lowest BCUT2D eigenvalue weighted by molar-refractivity contribution is -0.140. The number of alkyl halides is 3. The van der Waals surface area contributed by atoms with Crippen LogP contribution in [0.15, 0.2) is 18.5 Å². The van der Waals surface area contributed by atoms with Crippen LogP contribution in [0.5, 0.6) is 0 Å². The average molecular weight is 302 g/mol. The zero-order valence-electron chi connectivity index (χ0n) is 12.3. The predicted molar refractivity (Wildman–Crippen MR) is 73.9 cm³/mol. The Morgan fingerprint density at radius 3 is 2.76 bits per heavy atom. The van der Waals surface area contributed by atoms with E-state index in [1.165, 1.54) is 12.4 Å². The van der Waals surface area contributed by atoms with E-state index in [0.717, 1.165) is 25.3 Å². The molecular weight excluding hydrogens is 281 g/mol. The monoisotopic (exact) mass is 302 g/mol. The van der Waals surface area contributed by atoms with Crippen LogP contribution < -0.4 is 5.32 Å². The molecule has 2 unspecified atom stereocenters. The molecule has 0 amide bonds. The van der Waals surface area contributed by atoms with Crippen molar-refractivity contribution in [2.75, 3.05) is 13.2 Å². The van der Waals surface area contributed by atoms with E-state index in [1.54, 1.807) is 0 Å². The molecule has 2 atom stereocenters. The van der Waals surface area contributed by atoms with E-state index in [1.807, 2.05) is 13.8 Å². The number of hydrogen-bond acceptors (Lipinski definition) is 3. The van der Waals surface area contributed by atoms with E-state index in [9.17, 15) is 13.2 Å². The van der Waals surface area contributed by atoms with Crippen LogP contribution in [0.25, 0.3) is 0 Å². The minimum absolute atomic E-state index is 0.163. The minimum Gasteiger partial charge on any atom is -0.373 e. The molecule has 1 aromatic rings. The first kappa shape index (κ1) is 16.2. The van der Waals surface area contributed by atoms with Crippen molar-refractivity contribution < 1.29 is 17.9 Å². The van der Waals surface area contributed by atoms with Crippen LogP contribution in [0.1, 0.15) is 50.3 Å². The molecule has 3 nitrogen and oxygen atoms in total. The Bertz CT molecular complexity index is 470. The third-order valence-corrected chi connectivity index (χ3v) is 3.99. The van der Waals surface area contributed by atoms with Crippen molar-refractivity contribution in [3.05, 3.63) is 29.6 Å². The highest BCUT2D eigenvalue weighted by atomic mass is 19.4. The van der Waals surface area contributed by atoms with E-state index in [0.29, 0.717) is 13.2 Å². The number of nitrogens with one attached hydrogen (secondary N) is 1. The van der Waals surface area contributed by atoms with Gasteiger partial charge in [-0.2, -0.15) is 13.2 Å². The molecule has 1 aliphatic rings. The second-order valence-electron chi connectivity index (χ2n) is 5.57. The average Bonchev–Trinajstić information content (AvgIpc) is 2.44. The predicted octanol–water partition coefficient (Wildman–Crippen LogP) is 3.71. The van der Waals surface area contributed by atoms with Gasteiger partial charge in [0, 0.05) is 24.6 Å². The summed E-state index contributed by atoms with van der Waals surface area (Å²) in [5.74, 6) is 0. The Morgan fingerprint density at radius 1 is 1.43 bits per heavy atom. The molecule has 2 rings (SSSR count). The van der Waals surface area contributed by atoms with Gasteiger partial charge in [0.15, 0.2) is 0 Å². The summed E-state index contributed by atoms with van der Waals surface area (Å²) in [5.41, 5.74) is -1.12. The molecule has 0 spiro atoms. The van der Waals surface area contributed by atoms with E-state index >= 15 is 0 Å². The van der Waals surface area contributed by atoms with Crippen LogP contribution in [0.3, 0.4) is 0 Å². The normalized spacial score (nSPS) is 24.8. The molecular formula is C15H21F3N2O. The third-order valence-electron chi connectivity index (χ3n) is 3.99. The van der Waals surface area contributed by atoms with Gasteiger partial charge in [0.25, 0.3) is 0 Å². The van der Waals surface area contributed by atoms with Crippen LogP contribution in [-0.4, -0.2) is 23.7 Å². The Balaban J connectivity index is 2.43. The fraction of sp³-hybridized carbons (Fsp3) is 0.667. The number of hydrogen-bond donors (Lipinski definition) is 1. The number of rotatable bonds is 4. The molecule has 21 heavy (non-hydrogen) atoms. The summed E-state index contributed by atoms with van der Waals surface area (Å²) in [6.07, 6.45) is 0.736. The van der Waals surface area contributed by atoms with Crippen molar-refractivity contribution in [3.63, 3.8) is 0 Å². The third kappa shape index (κ3) is 3.55. The van der Waals surface area contributed by atoms with Gasteiger partial charge in [0.05, 0.1) is 17.2 Å². The Morgan fingerprint density at radius 2 is 2.19 bits per heavy atom. The van der Waals surface area contributed by atoms with Gasteiger partial charge < -0.3 is 10.1 Å². The molecule has 118 valence electrons. The van der Waals surface area contributed by atoms with Crippen LogP contribution in [0.4, 0.5) is 13.2 Å². The summed E-state index contributed by atoms with van der Waals surface area (Å²) >= 11 is 0. The topological polar surface area (TPSA) is 34.2 Å². The molecule has 0 bridgehead atoms. The van der Waals surface area contributed by atoms with E-state index in [4.69, 9.17) is 4.74 Å². The number of aromatic nitrogens is 1. The van der Waals surface area contributed by atoms with Gasteiger partial charge in [-0.3, -0.25) is 4.98 Å². The van der Waals surface area contributed by atoms with Gasteiger partial charge in [-0.15, -0.1) is 0 Å². The first-order chi connectivity index (χ1) is 9.88. The number of pyridine rings is 1. The Hall–Kier alpha value is -1.14. The maximum absolute atomic E-state index is 13.2. The van der Waals surface area contributed by atoms with Gasteiger partial charge in [-0.1, -0.05) is 6.92 Å². The molecule has 1 N–H and O–H groups in total. The SMILES string of the molecule is CCNC(c1cnccc1C(F)(F)F)C1(C)CCCCO1. The summed E-state index contributed by atoms with van der Waals surface area (Å²) in [5, 5.41) is 3.16. The van der Waals surface area contributed by atoms with Crippen molar-refractivity contribution in [1.29, 1.82) is 0 Å². The number of likely N-dealkylation sites (N-methyl/N-ethyl adjacent to an activating group) is 1. The molecule has 1 fully saturated rings. The standard InChI is InChI=1S/C15H21F3N2O/c1-3-20-13(14(2)7-4-5-9-21-14)11-10-19-8-6-12(11)15(16,17)18/h6,8,10,13,20H,3-5,7,9H2,1-2H3. The first-order valence-electron chi connectivity index (χ1n) is 7.27. The first-order valence-corrected chi connectivity index (χ1v) is 7.27. The summed E-state index contributed by atoms with van der Waals surface area (Å²) in [4.78, 5) is 3.89. The van der Waals surface area contributed by atoms with Crippen molar-refractivity contribution in [3.8, 4) is 0 Å². The Labute approximate surface area is 122 Å². The highest BCUT2D eigenvalue weighted by Gasteiger charge is 2.42. The molecule has 0 saturated carbocycles. The van der Waals surface area contributed by atoms with Gasteiger partial charge in [0.2, 0.25) is 0 Å². The summed E-state index contributed by atoms with van der Waals surface area (Å²) in [6, 6.07) is 0.513. The summed E-state index contributed by atoms with van der Waals surface area (Å²) < 4.78 is 45.6. The highest BCUT2D eigenvalue weighted by Crippen LogP contribution is 2.41. The number of halogens is 3. The smallest absolute Gasteiger partial charge is 0.373 e. The fourth-order valence-corrected chi connectivity index (χ4v) is 2.94. The molecule has 0 radical (unpaired) electrons. The van der Waals surface area contributed by atoms with Gasteiger partial charge in [0.1, 0.15) is 0 Å². The quantitative estimate of drug-likeness (QED) is 0.920. The van der Waals surface area contributed by atoms with Crippen LogP contribution in [0.2, 0.25) is 0 Å². The maximum Gasteiger partial charge on any atom is 0.416 e. The zero-order chi connectivity index (χ0) is 15.5. The van der Waals surface area contributed by atoms with Crippen molar-refractivity contribution in [2.24, 2.45) is 0 Å². The molecule has 1 saturated heterocycles. The molecule has 1 aromatic heterocycles. The molecule has 0 aromatic carbocycles. The second kappa shape index (κ2) is 6.32. The molecule has 6 heteroatoms. The Kier molecular flexibility index (Phi) is 4.88. The van der Waals surface area contributed by atoms with Gasteiger partial charge in [-0.25, -0.2) is 0 Å². The summed E-state index contributed by atoms with van der Waals surface area (Å²) in [7, 11) is 0. The fourth-order valence-electron chi connectivity index (χ4n) is 2.94. The van der Waals surface area contributed by atoms with Crippen LogP contribution >= 0.6 is 0 Å². The number of nitrogens with zero attached hydrogens (tertiary/aromatic N) is 1. The lowest BCUT2D eigenvalue weighted by atomic mass is 9.83. The van der Waals surface area contributed by atoms with Crippen molar-refractivity contribution >= 4 is 0 Å². The van der Waals surface area contributed by atoms with Gasteiger partial charge in [-0.05, 0) is 38.8 Å². The zero-order valence-corrected chi connectivity index (χ0v) is 12.3. The van der Waals surface area contributed by atoms with Crippen LogP contribution in [0, 0.1) is 0 Å². The maximum atomic E-state index is 13.2. The molecule has 1 aliphatic heterocycles. The lowest BCUT2D eigenvalue weighted by Crippen LogP contribution is -2.46. The highest BCUT2D eigenvalue weighted by molar-refractivity contribution is 5.31. The van der Waals surface area contributed by atoms with Gasteiger partial charge >= 0.3 is 6.18 Å². The number of ether oxygens (including phenoxy) is 1. The summed E-state index contributed by atoms with van der Waals surface area (Å²) in [6.45, 7) is 4.91. The molecule has 2 heterocycles. The largest absolute Gasteiger partial charge is 0.416 e. The second-order valence-corrected chi connectivity index (χ2v) is 5.57. The van der Waals surface area contributed by atoms with Crippen molar-refractivity contribution in [2.45, 2.75) is 50.9 Å². The minimum atomic E-state index is -4.39.